The average molecular weight is 459 g/mol. The quantitative estimate of drug-likeness (QED) is 0.444. The Morgan fingerprint density at radius 2 is 2.09 bits per heavy atom. The average Bonchev–Trinajstić information content (AvgIpc) is 3.19. The molecule has 0 aliphatic heterocycles. The summed E-state index contributed by atoms with van der Waals surface area (Å²) in [6, 6.07) is 3.91. The first-order valence-corrected chi connectivity index (χ1v) is 10.7. The van der Waals surface area contributed by atoms with Gasteiger partial charge in [0.25, 0.3) is 17.4 Å². The number of aliphatic hydroxyl groups excluding tert-OH is 1. The summed E-state index contributed by atoms with van der Waals surface area (Å²) in [5.74, 6) is -2.36. The van der Waals surface area contributed by atoms with Crippen LogP contribution in [0, 0.1) is 0 Å². The zero-order valence-electron chi connectivity index (χ0n) is 17.8. The number of carbonyl (C=O) groups is 1. The fourth-order valence-corrected chi connectivity index (χ4v) is 4.12. The predicted octanol–water partition coefficient (Wildman–Crippen LogP) is 1.90. The van der Waals surface area contributed by atoms with Crippen LogP contribution in [0.5, 0.6) is 0 Å². The highest BCUT2D eigenvalue weighted by atomic mass is 19.3. The number of fused-ring (bicyclic) bond motifs is 1. The first-order valence-electron chi connectivity index (χ1n) is 10.7. The van der Waals surface area contributed by atoms with Crippen molar-refractivity contribution in [1.29, 1.82) is 0 Å². The lowest BCUT2D eigenvalue weighted by atomic mass is 9.88. The van der Waals surface area contributed by atoms with Crippen molar-refractivity contribution >= 4 is 28.9 Å². The van der Waals surface area contributed by atoms with E-state index in [-0.39, 0.29) is 41.6 Å². The van der Waals surface area contributed by atoms with E-state index in [2.05, 4.69) is 26.0 Å². The van der Waals surface area contributed by atoms with Crippen LogP contribution in [-0.2, 0) is 0 Å². The summed E-state index contributed by atoms with van der Waals surface area (Å²) in [7, 11) is 1.68. The third-order valence-electron chi connectivity index (χ3n) is 6.23. The summed E-state index contributed by atoms with van der Waals surface area (Å²) in [6.07, 6.45) is 2.93. The van der Waals surface area contributed by atoms with Crippen molar-refractivity contribution in [2.75, 3.05) is 17.7 Å². The minimum absolute atomic E-state index is 0.176. The van der Waals surface area contributed by atoms with Crippen LogP contribution in [-0.4, -0.2) is 55.3 Å². The van der Waals surface area contributed by atoms with Gasteiger partial charge in [-0.15, -0.1) is 0 Å². The van der Waals surface area contributed by atoms with Crippen LogP contribution >= 0.6 is 0 Å². The lowest BCUT2D eigenvalue weighted by Crippen LogP contribution is -2.50. The highest BCUT2D eigenvalue weighted by molar-refractivity contribution is 6.00. The Morgan fingerprint density at radius 1 is 1.30 bits per heavy atom. The molecule has 33 heavy (non-hydrogen) atoms. The van der Waals surface area contributed by atoms with Crippen molar-refractivity contribution in [3.8, 4) is 0 Å². The minimum atomic E-state index is -2.74. The van der Waals surface area contributed by atoms with E-state index in [0.717, 1.165) is 0 Å². The predicted molar refractivity (Wildman–Crippen MR) is 116 cm³/mol. The molecule has 10 nitrogen and oxygen atoms in total. The maximum atomic E-state index is 13.3. The van der Waals surface area contributed by atoms with Gasteiger partial charge in [-0.05, 0) is 25.0 Å². The van der Waals surface area contributed by atoms with Gasteiger partial charge in [-0.25, -0.2) is 13.8 Å². The summed E-state index contributed by atoms with van der Waals surface area (Å²) in [6.45, 7) is 0. The number of amides is 1. The second-order valence-electron chi connectivity index (χ2n) is 8.47. The maximum Gasteiger partial charge on any atom is 0.274 e. The number of anilines is 3. The van der Waals surface area contributed by atoms with Gasteiger partial charge >= 0.3 is 0 Å². The Morgan fingerprint density at radius 3 is 2.73 bits per heavy atom. The molecule has 0 spiro atoms. The van der Waals surface area contributed by atoms with Crippen molar-refractivity contribution in [3.63, 3.8) is 0 Å². The third-order valence-corrected chi connectivity index (χ3v) is 6.23. The van der Waals surface area contributed by atoms with Gasteiger partial charge in [-0.3, -0.25) is 9.59 Å². The zero-order chi connectivity index (χ0) is 23.3. The number of hydrogen-bond acceptors (Lipinski definition) is 7. The summed E-state index contributed by atoms with van der Waals surface area (Å²) in [5, 5.41) is 22.7. The molecule has 0 unspecified atom stereocenters. The molecule has 2 aliphatic rings. The van der Waals surface area contributed by atoms with E-state index in [0.29, 0.717) is 18.7 Å². The summed E-state index contributed by atoms with van der Waals surface area (Å²) >= 11 is 0. The molecule has 0 bridgehead atoms. The van der Waals surface area contributed by atoms with E-state index in [1.807, 2.05) is 0 Å². The number of aromatic nitrogens is 4. The maximum absolute atomic E-state index is 13.3. The van der Waals surface area contributed by atoms with Crippen LogP contribution in [0.1, 0.15) is 42.1 Å². The normalized spacial score (nSPS) is 21.8. The van der Waals surface area contributed by atoms with Gasteiger partial charge in [0.05, 0.1) is 18.3 Å². The summed E-state index contributed by atoms with van der Waals surface area (Å²) in [5.41, 5.74) is 0.216. The Balaban J connectivity index is 1.45. The number of pyridine rings is 1. The number of halogens is 2. The van der Waals surface area contributed by atoms with E-state index in [9.17, 15) is 23.5 Å². The molecule has 12 heteroatoms. The lowest BCUT2D eigenvalue weighted by Gasteiger charge is -2.36. The molecular weight excluding hydrogens is 436 g/mol. The largest absolute Gasteiger partial charge is 0.391 e. The standard InChI is InChI=1S/C21H23F2N7O3/c1-24-17-7-16(26-14-3-2-6-29(20(14)33)11-8-21(22,23)9-11)28-18-12(10-25-30(17)18)19(32)27-13-4-5-15(13)31/h2-3,6-7,10-11,13,15,24,31H,4-5,8-9H2,1H3,(H,26,28)(H,27,32)/t13-,15+/m0/s1. The summed E-state index contributed by atoms with van der Waals surface area (Å²) < 4.78 is 29.3. The molecule has 1 amide bonds. The monoisotopic (exact) mass is 459 g/mol. The van der Waals surface area contributed by atoms with Crippen molar-refractivity contribution in [3.05, 3.63) is 46.5 Å². The molecule has 2 fully saturated rings. The second-order valence-corrected chi connectivity index (χ2v) is 8.47. The topological polar surface area (TPSA) is 126 Å². The van der Waals surface area contributed by atoms with Crippen molar-refractivity contribution in [1.82, 2.24) is 24.5 Å². The number of hydrogen-bond donors (Lipinski definition) is 4. The van der Waals surface area contributed by atoms with Crippen molar-refractivity contribution < 1.29 is 18.7 Å². The lowest BCUT2D eigenvalue weighted by molar-refractivity contribution is -0.104. The van der Waals surface area contributed by atoms with Crippen molar-refractivity contribution in [2.45, 2.75) is 49.8 Å². The number of aliphatic hydroxyl groups is 1. The van der Waals surface area contributed by atoms with E-state index >= 15 is 0 Å². The molecule has 4 N–H and O–H groups in total. The number of rotatable bonds is 6. The van der Waals surface area contributed by atoms with Gasteiger partial charge in [-0.1, -0.05) is 0 Å². The smallest absolute Gasteiger partial charge is 0.274 e. The highest BCUT2D eigenvalue weighted by Crippen LogP contribution is 2.44. The molecule has 0 saturated heterocycles. The fourth-order valence-electron chi connectivity index (χ4n) is 4.12. The Bertz CT molecular complexity index is 1280. The van der Waals surface area contributed by atoms with Gasteiger partial charge < -0.3 is 25.6 Å². The molecule has 2 atom stereocenters. The van der Waals surface area contributed by atoms with E-state index in [4.69, 9.17) is 0 Å². The Kier molecular flexibility index (Phi) is 5.04. The molecule has 5 rings (SSSR count). The van der Waals surface area contributed by atoms with E-state index < -0.39 is 29.5 Å². The van der Waals surface area contributed by atoms with Crippen molar-refractivity contribution in [2.24, 2.45) is 0 Å². The Hall–Kier alpha value is -3.54. The van der Waals surface area contributed by atoms with Crippen LogP contribution in [0.3, 0.4) is 0 Å². The molecule has 0 aromatic carbocycles. The number of carbonyl (C=O) groups excluding carboxylic acids is 1. The second kappa shape index (κ2) is 7.80. The fraction of sp³-hybridized carbons (Fsp3) is 0.429. The van der Waals surface area contributed by atoms with E-state index in [1.165, 1.54) is 21.5 Å². The molecule has 3 aromatic rings. The van der Waals surface area contributed by atoms with Gasteiger partial charge in [-0.2, -0.15) is 9.61 Å². The Labute approximate surface area is 186 Å². The van der Waals surface area contributed by atoms with Crippen LogP contribution in [0.4, 0.5) is 26.1 Å². The minimum Gasteiger partial charge on any atom is -0.391 e. The summed E-state index contributed by atoms with van der Waals surface area (Å²) in [4.78, 5) is 30.1. The molecule has 0 radical (unpaired) electrons. The highest BCUT2D eigenvalue weighted by Gasteiger charge is 2.46. The van der Waals surface area contributed by atoms with Crippen LogP contribution in [0.2, 0.25) is 0 Å². The first kappa shape index (κ1) is 21.3. The molecular formula is C21H23F2N7O3. The van der Waals surface area contributed by atoms with E-state index in [1.54, 1.807) is 25.2 Å². The third kappa shape index (κ3) is 3.80. The SMILES string of the molecule is CNc1cc(Nc2cccn(C3CC(F)(F)C3)c2=O)nc2c(C(=O)N[C@H]3CC[C@H]3O)cnn12. The van der Waals surface area contributed by atoms with Gasteiger partial charge in [0.2, 0.25) is 0 Å². The molecule has 2 saturated carbocycles. The molecule has 174 valence electrons. The van der Waals surface area contributed by atoms with Gasteiger partial charge in [0, 0.05) is 38.2 Å². The zero-order valence-corrected chi connectivity index (χ0v) is 17.8. The first-order chi connectivity index (χ1) is 15.8. The molecule has 3 aromatic heterocycles. The number of nitrogens with one attached hydrogen (secondary N) is 3. The number of nitrogens with zero attached hydrogens (tertiary/aromatic N) is 4. The van der Waals surface area contributed by atoms with Gasteiger partial charge in [0.1, 0.15) is 22.9 Å². The van der Waals surface area contributed by atoms with Crippen LogP contribution in [0.25, 0.3) is 5.65 Å². The van der Waals surface area contributed by atoms with Crippen LogP contribution in [0.15, 0.2) is 35.4 Å². The molecule has 2 aliphatic carbocycles. The van der Waals surface area contributed by atoms with Gasteiger partial charge in [0.15, 0.2) is 5.65 Å². The van der Waals surface area contributed by atoms with Crippen LogP contribution < -0.4 is 21.5 Å². The molecule has 3 heterocycles. The number of alkyl halides is 2.